The maximum Gasteiger partial charge on any atom is 0.00954 e. The van der Waals surface area contributed by atoms with Crippen molar-refractivity contribution in [2.24, 2.45) is 23.0 Å². The summed E-state index contributed by atoms with van der Waals surface area (Å²) in [5.74, 6) is 1.71. The summed E-state index contributed by atoms with van der Waals surface area (Å²) in [5, 5.41) is 0. The van der Waals surface area contributed by atoms with Crippen molar-refractivity contribution in [3.8, 4) is 0 Å². The molecule has 0 bridgehead atoms. The normalized spacial score (nSPS) is 32.2. The monoisotopic (exact) mass is 280 g/mol. The van der Waals surface area contributed by atoms with E-state index in [1.54, 1.807) is 0 Å². The molecule has 1 aliphatic heterocycles. The Hall–Kier alpha value is -0.0800. The number of likely N-dealkylation sites (tertiary alicyclic amines) is 1. The Balaban J connectivity index is 1.78. The number of nitrogens with two attached hydrogens (primary N) is 1. The van der Waals surface area contributed by atoms with Gasteiger partial charge in [0.05, 0.1) is 0 Å². The lowest BCUT2D eigenvalue weighted by Gasteiger charge is -2.44. The highest BCUT2D eigenvalue weighted by Gasteiger charge is 2.34. The topological polar surface area (TPSA) is 29.3 Å². The molecule has 0 aromatic heterocycles. The van der Waals surface area contributed by atoms with Crippen LogP contribution in [0.25, 0.3) is 0 Å². The molecule has 0 amide bonds. The van der Waals surface area contributed by atoms with Crippen LogP contribution in [0.3, 0.4) is 0 Å². The molecule has 118 valence electrons. The molecule has 20 heavy (non-hydrogen) atoms. The summed E-state index contributed by atoms with van der Waals surface area (Å²) in [6, 6.07) is 1.26. The molecule has 2 nitrogen and oxygen atoms in total. The van der Waals surface area contributed by atoms with Crippen molar-refractivity contribution >= 4 is 0 Å². The first-order valence-corrected chi connectivity index (χ1v) is 8.93. The quantitative estimate of drug-likeness (QED) is 0.842. The molecule has 2 N–H and O–H groups in total. The second-order valence-corrected chi connectivity index (χ2v) is 8.08. The number of hydrogen-bond donors (Lipinski definition) is 1. The third-order valence-electron chi connectivity index (χ3n) is 6.55. The summed E-state index contributed by atoms with van der Waals surface area (Å²) in [6.07, 6.45) is 9.70. The van der Waals surface area contributed by atoms with Crippen LogP contribution in [0.15, 0.2) is 0 Å². The standard InChI is InChI=1S/C18H36N2/c1-5-18(3,4)16-6-8-17(9-7-16)20-12-10-15(11-13-20)14(2)19/h14-17H,5-13,19H2,1-4H3. The van der Waals surface area contributed by atoms with Crippen molar-refractivity contribution in [3.63, 3.8) is 0 Å². The van der Waals surface area contributed by atoms with Gasteiger partial charge in [0.1, 0.15) is 0 Å². The van der Waals surface area contributed by atoms with Crippen molar-refractivity contribution in [1.82, 2.24) is 4.90 Å². The second-order valence-electron chi connectivity index (χ2n) is 8.08. The molecule has 2 fully saturated rings. The summed E-state index contributed by atoms with van der Waals surface area (Å²) in [7, 11) is 0. The van der Waals surface area contributed by atoms with Crippen molar-refractivity contribution in [2.75, 3.05) is 13.1 Å². The van der Waals surface area contributed by atoms with E-state index in [2.05, 4.69) is 32.6 Å². The molecule has 1 unspecified atom stereocenters. The zero-order chi connectivity index (χ0) is 14.8. The molecule has 1 heterocycles. The van der Waals surface area contributed by atoms with E-state index < -0.39 is 0 Å². The molecule has 2 heteroatoms. The fourth-order valence-corrected chi connectivity index (χ4v) is 4.32. The van der Waals surface area contributed by atoms with E-state index in [0.717, 1.165) is 17.9 Å². The van der Waals surface area contributed by atoms with Crippen LogP contribution < -0.4 is 5.73 Å². The summed E-state index contributed by atoms with van der Waals surface area (Å²) in [4.78, 5) is 2.77. The van der Waals surface area contributed by atoms with E-state index >= 15 is 0 Å². The smallest absolute Gasteiger partial charge is 0.00954 e. The van der Waals surface area contributed by atoms with E-state index in [1.807, 2.05) is 0 Å². The lowest BCUT2D eigenvalue weighted by atomic mass is 9.68. The van der Waals surface area contributed by atoms with Crippen molar-refractivity contribution in [3.05, 3.63) is 0 Å². The van der Waals surface area contributed by atoms with Crippen LogP contribution >= 0.6 is 0 Å². The summed E-state index contributed by atoms with van der Waals surface area (Å²) in [5.41, 5.74) is 6.60. The van der Waals surface area contributed by atoms with Crippen molar-refractivity contribution in [1.29, 1.82) is 0 Å². The Morgan fingerprint density at radius 3 is 2.05 bits per heavy atom. The largest absolute Gasteiger partial charge is 0.328 e. The maximum atomic E-state index is 6.05. The molecule has 1 saturated heterocycles. The minimum atomic E-state index is 0.387. The highest BCUT2D eigenvalue weighted by Crippen LogP contribution is 2.41. The Labute approximate surface area is 126 Å². The van der Waals surface area contributed by atoms with E-state index in [0.29, 0.717) is 11.5 Å². The molecule has 1 saturated carbocycles. The predicted octanol–water partition coefficient (Wildman–Crippen LogP) is 4.04. The van der Waals surface area contributed by atoms with Gasteiger partial charge >= 0.3 is 0 Å². The molecule has 1 aliphatic carbocycles. The molecule has 0 aromatic rings. The Bertz CT molecular complexity index is 282. The zero-order valence-electron chi connectivity index (χ0n) is 14.2. The minimum Gasteiger partial charge on any atom is -0.328 e. The Morgan fingerprint density at radius 2 is 1.60 bits per heavy atom. The highest BCUT2D eigenvalue weighted by atomic mass is 15.2. The fourth-order valence-electron chi connectivity index (χ4n) is 4.32. The van der Waals surface area contributed by atoms with Crippen molar-refractivity contribution < 1.29 is 0 Å². The van der Waals surface area contributed by atoms with Crippen LogP contribution in [0.4, 0.5) is 0 Å². The molecule has 2 aliphatic rings. The molecule has 1 atom stereocenters. The number of nitrogens with zero attached hydrogens (tertiary/aromatic N) is 1. The van der Waals surface area contributed by atoms with Gasteiger partial charge in [-0.1, -0.05) is 27.2 Å². The van der Waals surface area contributed by atoms with Gasteiger partial charge in [0.2, 0.25) is 0 Å². The first kappa shape index (κ1) is 16.3. The van der Waals surface area contributed by atoms with Crippen molar-refractivity contribution in [2.45, 2.75) is 84.7 Å². The predicted molar refractivity (Wildman–Crippen MR) is 87.8 cm³/mol. The lowest BCUT2D eigenvalue weighted by molar-refractivity contribution is 0.0611. The molecule has 0 radical (unpaired) electrons. The maximum absolute atomic E-state index is 6.05. The number of rotatable bonds is 4. The van der Waals surface area contributed by atoms with Crippen LogP contribution in [0.5, 0.6) is 0 Å². The molecular formula is C18H36N2. The Morgan fingerprint density at radius 1 is 1.05 bits per heavy atom. The first-order valence-electron chi connectivity index (χ1n) is 8.93. The average Bonchev–Trinajstić information content (AvgIpc) is 2.47. The zero-order valence-corrected chi connectivity index (χ0v) is 14.2. The average molecular weight is 280 g/mol. The summed E-state index contributed by atoms with van der Waals surface area (Å²) < 4.78 is 0. The van der Waals surface area contributed by atoms with Gasteiger partial charge in [-0.15, -0.1) is 0 Å². The second kappa shape index (κ2) is 6.79. The van der Waals surface area contributed by atoms with Crippen LogP contribution in [-0.2, 0) is 0 Å². The van der Waals surface area contributed by atoms with E-state index in [9.17, 15) is 0 Å². The van der Waals surface area contributed by atoms with E-state index in [-0.39, 0.29) is 0 Å². The van der Waals surface area contributed by atoms with Gasteiger partial charge in [0.25, 0.3) is 0 Å². The third-order valence-corrected chi connectivity index (χ3v) is 6.55. The van der Waals surface area contributed by atoms with Crippen LogP contribution in [-0.4, -0.2) is 30.1 Å². The van der Waals surface area contributed by atoms with Crippen LogP contribution in [0.2, 0.25) is 0 Å². The molecule has 0 aromatic carbocycles. The molecule has 2 rings (SSSR count). The molecule has 0 spiro atoms. The first-order chi connectivity index (χ1) is 9.44. The summed E-state index contributed by atoms with van der Waals surface area (Å²) in [6.45, 7) is 12.0. The van der Waals surface area contributed by atoms with Gasteiger partial charge in [-0.05, 0) is 75.8 Å². The van der Waals surface area contributed by atoms with Gasteiger partial charge < -0.3 is 10.6 Å². The van der Waals surface area contributed by atoms with Gasteiger partial charge in [-0.3, -0.25) is 0 Å². The highest BCUT2D eigenvalue weighted by molar-refractivity contribution is 4.88. The van der Waals surface area contributed by atoms with Crippen LogP contribution in [0, 0.1) is 17.3 Å². The van der Waals surface area contributed by atoms with Gasteiger partial charge in [0, 0.05) is 12.1 Å². The van der Waals surface area contributed by atoms with E-state index in [1.165, 1.54) is 58.0 Å². The summed E-state index contributed by atoms with van der Waals surface area (Å²) >= 11 is 0. The van der Waals surface area contributed by atoms with Gasteiger partial charge in [-0.2, -0.15) is 0 Å². The van der Waals surface area contributed by atoms with Gasteiger partial charge in [0.15, 0.2) is 0 Å². The van der Waals surface area contributed by atoms with E-state index in [4.69, 9.17) is 5.73 Å². The lowest BCUT2D eigenvalue weighted by Crippen LogP contribution is -2.46. The third kappa shape index (κ3) is 3.76. The number of hydrogen-bond acceptors (Lipinski definition) is 2. The van der Waals surface area contributed by atoms with Crippen LogP contribution in [0.1, 0.15) is 72.6 Å². The SMILES string of the molecule is CCC(C)(C)C1CCC(N2CCC(C(C)N)CC2)CC1. The molecular weight excluding hydrogens is 244 g/mol. The fraction of sp³-hybridized carbons (Fsp3) is 1.00. The Kier molecular flexibility index (Phi) is 5.53. The number of piperidine rings is 1. The van der Waals surface area contributed by atoms with Gasteiger partial charge in [-0.25, -0.2) is 0 Å². The minimum absolute atomic E-state index is 0.387.